The van der Waals surface area contributed by atoms with Gasteiger partial charge in [0.15, 0.2) is 11.7 Å². The van der Waals surface area contributed by atoms with Crippen LogP contribution < -0.4 is 4.90 Å². The lowest BCUT2D eigenvalue weighted by atomic mass is 10.0. The second kappa shape index (κ2) is 7.36. The average Bonchev–Trinajstić information content (AvgIpc) is 3.20. The van der Waals surface area contributed by atoms with E-state index in [9.17, 15) is 14.4 Å². The van der Waals surface area contributed by atoms with Crippen molar-refractivity contribution in [1.82, 2.24) is 14.8 Å². The second-order valence-electron chi connectivity index (χ2n) is 7.11. The monoisotopic (exact) mass is 387 g/mol. The molecule has 0 bridgehead atoms. The fourth-order valence-electron chi connectivity index (χ4n) is 3.92. The number of aromatic nitrogens is 1. The molecule has 4 rings (SSSR count). The molecule has 2 fully saturated rings. The molecule has 0 saturated carbocycles. The summed E-state index contributed by atoms with van der Waals surface area (Å²) < 4.78 is 1.15. The minimum atomic E-state index is -0.699. The average molecular weight is 387 g/mol. The van der Waals surface area contributed by atoms with Gasteiger partial charge < -0.3 is 4.90 Å². The zero-order chi connectivity index (χ0) is 19.0. The van der Waals surface area contributed by atoms with Crippen molar-refractivity contribution in [2.45, 2.75) is 38.6 Å². The minimum absolute atomic E-state index is 0.145. The Morgan fingerprint density at radius 2 is 1.93 bits per heavy atom. The molecule has 2 aliphatic rings. The van der Waals surface area contributed by atoms with E-state index in [1.807, 2.05) is 25.1 Å². The maximum absolute atomic E-state index is 12.6. The molecule has 4 amide bonds. The van der Waals surface area contributed by atoms with E-state index in [4.69, 9.17) is 4.98 Å². The third-order valence-electron chi connectivity index (χ3n) is 5.29. The number of quaternary nitrogens is 1. The number of likely N-dealkylation sites (tertiary alicyclic amines) is 1. The van der Waals surface area contributed by atoms with Gasteiger partial charge >= 0.3 is 17.8 Å². The van der Waals surface area contributed by atoms with Crippen LogP contribution in [0.15, 0.2) is 24.3 Å². The van der Waals surface area contributed by atoms with E-state index in [2.05, 4.69) is 6.07 Å². The van der Waals surface area contributed by atoms with Crippen LogP contribution in [-0.4, -0.2) is 52.4 Å². The van der Waals surface area contributed by atoms with E-state index in [0.29, 0.717) is 6.42 Å². The number of urea groups is 1. The van der Waals surface area contributed by atoms with Crippen LogP contribution in [0.3, 0.4) is 0 Å². The van der Waals surface area contributed by atoms with Crippen LogP contribution in [0.25, 0.3) is 10.2 Å². The van der Waals surface area contributed by atoms with Crippen molar-refractivity contribution in [3.8, 4) is 0 Å². The molecule has 0 spiro atoms. The Morgan fingerprint density at radius 3 is 2.70 bits per heavy atom. The number of para-hydroxylation sites is 1. The van der Waals surface area contributed by atoms with Gasteiger partial charge in [-0.25, -0.2) is 14.7 Å². The van der Waals surface area contributed by atoms with Crippen molar-refractivity contribution >= 4 is 39.4 Å². The number of imide groups is 2. The molecule has 1 unspecified atom stereocenters. The summed E-state index contributed by atoms with van der Waals surface area (Å²) in [6.07, 6.45) is 3.76. The summed E-state index contributed by atoms with van der Waals surface area (Å²) >= 11 is 1.68. The molecular weight excluding hydrogens is 364 g/mol. The summed E-state index contributed by atoms with van der Waals surface area (Å²) in [4.78, 5) is 45.1. The van der Waals surface area contributed by atoms with Gasteiger partial charge in [0, 0.05) is 13.0 Å². The van der Waals surface area contributed by atoms with E-state index in [-0.39, 0.29) is 19.3 Å². The van der Waals surface area contributed by atoms with Crippen molar-refractivity contribution in [3.05, 3.63) is 29.3 Å². The van der Waals surface area contributed by atoms with Gasteiger partial charge in [-0.15, -0.1) is 11.3 Å². The smallest absolute Gasteiger partial charge is 0.309 e. The quantitative estimate of drug-likeness (QED) is 0.624. The third-order valence-corrected chi connectivity index (χ3v) is 6.44. The first-order valence-electron chi connectivity index (χ1n) is 9.47. The fourth-order valence-corrected chi connectivity index (χ4v) is 5.08. The van der Waals surface area contributed by atoms with E-state index >= 15 is 0 Å². The Kier molecular flexibility index (Phi) is 4.92. The Bertz CT molecular complexity index is 863. The standard InChI is InChI=1S/C19H22N4O3S/c1-2-10-22-17(24)18(25)23(19(22)26)12-21-11-6-5-8-14(21)16-20-13-7-3-4-9-15(13)27-16/h3-4,7,9,14H,2,5-6,8,10-12H2,1H3/p+1/t14-/m0/s1. The molecule has 8 heteroatoms. The number of hydrogen-bond donors (Lipinski definition) is 1. The highest BCUT2D eigenvalue weighted by molar-refractivity contribution is 7.18. The van der Waals surface area contributed by atoms with Crippen molar-refractivity contribution in [1.29, 1.82) is 0 Å². The Morgan fingerprint density at radius 1 is 1.15 bits per heavy atom. The molecule has 7 nitrogen and oxygen atoms in total. The highest BCUT2D eigenvalue weighted by Crippen LogP contribution is 2.28. The summed E-state index contributed by atoms with van der Waals surface area (Å²) in [5.41, 5.74) is 0.986. The van der Waals surface area contributed by atoms with Crippen LogP contribution in [0.4, 0.5) is 4.79 Å². The molecule has 2 aliphatic heterocycles. The van der Waals surface area contributed by atoms with E-state index in [0.717, 1.165) is 55.7 Å². The Labute approximate surface area is 161 Å². The maximum Gasteiger partial charge on any atom is 0.338 e. The van der Waals surface area contributed by atoms with Crippen LogP contribution in [0.1, 0.15) is 43.7 Å². The lowest BCUT2D eigenvalue weighted by Gasteiger charge is -2.32. The normalized spacial score (nSPS) is 23.7. The molecule has 2 saturated heterocycles. The molecule has 27 heavy (non-hydrogen) atoms. The zero-order valence-electron chi connectivity index (χ0n) is 15.3. The molecule has 1 aromatic carbocycles. The first-order chi connectivity index (χ1) is 13.1. The highest BCUT2D eigenvalue weighted by Gasteiger charge is 2.46. The topological polar surface area (TPSA) is 75.0 Å². The van der Waals surface area contributed by atoms with Crippen LogP contribution in [-0.2, 0) is 9.59 Å². The molecule has 1 N–H and O–H groups in total. The number of piperidine rings is 1. The number of hydrogen-bond acceptors (Lipinski definition) is 5. The predicted octanol–water partition coefficient (Wildman–Crippen LogP) is 1.56. The first-order valence-corrected chi connectivity index (χ1v) is 10.3. The predicted molar refractivity (Wildman–Crippen MR) is 101 cm³/mol. The van der Waals surface area contributed by atoms with E-state index < -0.39 is 17.8 Å². The number of carbonyl (C=O) groups is 3. The maximum atomic E-state index is 12.6. The summed E-state index contributed by atoms with van der Waals surface area (Å²) in [7, 11) is 0. The molecule has 3 heterocycles. The molecule has 0 aliphatic carbocycles. The van der Waals surface area contributed by atoms with Gasteiger partial charge in [0.1, 0.15) is 6.04 Å². The van der Waals surface area contributed by atoms with Gasteiger partial charge in [0.2, 0.25) is 0 Å². The van der Waals surface area contributed by atoms with Gasteiger partial charge in [-0.2, -0.15) is 0 Å². The number of thiazole rings is 1. The number of nitrogens with zero attached hydrogens (tertiary/aromatic N) is 3. The summed E-state index contributed by atoms with van der Waals surface area (Å²) in [6.45, 7) is 3.26. The molecular formula is C19H23N4O3S+. The SMILES string of the molecule is CCCN1C(=O)C(=O)N(C[NH+]2CCCC[C@H]2c2nc3ccccc3s2)C1=O. The van der Waals surface area contributed by atoms with Crippen LogP contribution >= 0.6 is 11.3 Å². The number of fused-ring (bicyclic) bond motifs is 1. The number of carbonyl (C=O) groups excluding carboxylic acids is 3. The fraction of sp³-hybridized carbons (Fsp3) is 0.474. The van der Waals surface area contributed by atoms with Gasteiger partial charge in [-0.1, -0.05) is 19.1 Å². The van der Waals surface area contributed by atoms with Crippen LogP contribution in [0.5, 0.6) is 0 Å². The number of nitrogens with one attached hydrogen (secondary N) is 1. The molecule has 1 aromatic heterocycles. The van der Waals surface area contributed by atoms with Crippen molar-refractivity contribution in [2.24, 2.45) is 0 Å². The van der Waals surface area contributed by atoms with Gasteiger partial charge in [0.25, 0.3) is 0 Å². The lowest BCUT2D eigenvalue weighted by Crippen LogP contribution is -3.14. The molecule has 0 radical (unpaired) electrons. The highest BCUT2D eigenvalue weighted by atomic mass is 32.1. The lowest BCUT2D eigenvalue weighted by molar-refractivity contribution is -0.943. The van der Waals surface area contributed by atoms with Gasteiger partial charge in [-0.05, 0) is 31.4 Å². The third kappa shape index (κ3) is 3.23. The number of rotatable bonds is 5. The summed E-state index contributed by atoms with van der Waals surface area (Å²) in [6, 6.07) is 7.72. The second-order valence-corrected chi connectivity index (χ2v) is 8.17. The van der Waals surface area contributed by atoms with Crippen LogP contribution in [0, 0.1) is 0 Å². The molecule has 142 valence electrons. The first kappa shape index (κ1) is 18.1. The summed E-state index contributed by atoms with van der Waals surface area (Å²) in [5, 5.41) is 1.04. The van der Waals surface area contributed by atoms with Gasteiger partial charge in [0.05, 0.1) is 16.8 Å². The van der Waals surface area contributed by atoms with Crippen molar-refractivity contribution in [3.63, 3.8) is 0 Å². The molecule has 2 aromatic rings. The largest absolute Gasteiger partial charge is 0.338 e. The molecule has 2 atom stereocenters. The Balaban J connectivity index is 1.57. The van der Waals surface area contributed by atoms with Gasteiger partial charge in [-0.3, -0.25) is 14.5 Å². The summed E-state index contributed by atoms with van der Waals surface area (Å²) in [5.74, 6) is -1.40. The van der Waals surface area contributed by atoms with E-state index in [1.165, 1.54) is 0 Å². The van der Waals surface area contributed by atoms with Crippen molar-refractivity contribution in [2.75, 3.05) is 19.8 Å². The van der Waals surface area contributed by atoms with Crippen LogP contribution in [0.2, 0.25) is 0 Å². The number of amides is 4. The minimum Gasteiger partial charge on any atom is -0.309 e. The zero-order valence-corrected chi connectivity index (χ0v) is 16.1. The van der Waals surface area contributed by atoms with Crippen molar-refractivity contribution < 1.29 is 19.3 Å². The number of benzene rings is 1. The van der Waals surface area contributed by atoms with E-state index in [1.54, 1.807) is 11.3 Å². The Hall–Kier alpha value is -2.32.